The summed E-state index contributed by atoms with van der Waals surface area (Å²) in [4.78, 5) is 18.9. The van der Waals surface area contributed by atoms with Crippen molar-refractivity contribution in [3.8, 4) is 16.9 Å². The fraction of sp³-hybridized carbons (Fsp3) is 0.273. The molecule has 0 N–H and O–H groups in total. The van der Waals surface area contributed by atoms with Gasteiger partial charge in [-0.05, 0) is 70.2 Å². The Hall–Kier alpha value is -2.15. The number of hydroxylamine groups is 2. The molecule has 152 valence electrons. The lowest BCUT2D eigenvalue weighted by molar-refractivity contribution is -0.169. The Balaban J connectivity index is 2.09. The minimum Gasteiger partial charge on any atom is -0.268 e. The minimum absolute atomic E-state index is 0.120. The smallest absolute Gasteiger partial charge is 0.268 e. The van der Waals surface area contributed by atoms with Crippen LogP contribution in [0.1, 0.15) is 38.2 Å². The van der Waals surface area contributed by atoms with Crippen molar-refractivity contribution in [1.29, 1.82) is 0 Å². The molecule has 1 amide bonds. The molecule has 3 rings (SSSR count). The summed E-state index contributed by atoms with van der Waals surface area (Å²) in [6.45, 7) is 7.60. The van der Waals surface area contributed by atoms with Gasteiger partial charge < -0.3 is 0 Å². The molecule has 1 heterocycles. The van der Waals surface area contributed by atoms with Crippen molar-refractivity contribution in [3.63, 3.8) is 0 Å². The maximum absolute atomic E-state index is 13.2. The van der Waals surface area contributed by atoms with E-state index in [2.05, 4.69) is 21.0 Å². The molecule has 0 saturated carbocycles. The maximum atomic E-state index is 13.2. The summed E-state index contributed by atoms with van der Waals surface area (Å²) in [6, 6.07) is 16.9. The normalized spacial score (nSPS) is 11.3. The van der Waals surface area contributed by atoms with Crippen molar-refractivity contribution in [2.24, 2.45) is 0 Å². The summed E-state index contributed by atoms with van der Waals surface area (Å²) in [7, 11) is 0. The zero-order chi connectivity index (χ0) is 21.1. The predicted molar refractivity (Wildman–Crippen MR) is 119 cm³/mol. The van der Waals surface area contributed by atoms with E-state index in [1.165, 1.54) is 5.06 Å². The SMILES string of the molecule is CC(C)ON(C(=O)c1cc(-c2ccc(Br)cc2)n(-c2ccc(Cl)cc2)n1)C(C)C. The molecule has 0 bridgehead atoms. The third-order valence-corrected chi connectivity index (χ3v) is 4.91. The van der Waals surface area contributed by atoms with Gasteiger partial charge in [0.15, 0.2) is 5.69 Å². The van der Waals surface area contributed by atoms with Gasteiger partial charge in [0.2, 0.25) is 0 Å². The molecule has 29 heavy (non-hydrogen) atoms. The van der Waals surface area contributed by atoms with Crippen LogP contribution in [0.5, 0.6) is 0 Å². The highest BCUT2D eigenvalue weighted by molar-refractivity contribution is 9.10. The van der Waals surface area contributed by atoms with Crippen LogP contribution in [0, 0.1) is 0 Å². The Labute approximate surface area is 184 Å². The van der Waals surface area contributed by atoms with E-state index in [9.17, 15) is 4.79 Å². The van der Waals surface area contributed by atoms with Gasteiger partial charge >= 0.3 is 0 Å². The number of carbonyl (C=O) groups excluding carboxylic acids is 1. The van der Waals surface area contributed by atoms with Crippen molar-refractivity contribution in [2.45, 2.75) is 39.8 Å². The number of carbonyl (C=O) groups is 1. The average molecular weight is 477 g/mol. The molecule has 0 fully saturated rings. The van der Waals surface area contributed by atoms with Crippen LogP contribution in [0.4, 0.5) is 0 Å². The largest absolute Gasteiger partial charge is 0.298 e. The van der Waals surface area contributed by atoms with Crippen molar-refractivity contribution in [3.05, 3.63) is 69.8 Å². The van der Waals surface area contributed by atoms with Crippen molar-refractivity contribution >= 4 is 33.4 Å². The van der Waals surface area contributed by atoms with E-state index in [-0.39, 0.29) is 18.1 Å². The van der Waals surface area contributed by atoms with Gasteiger partial charge in [0.1, 0.15) is 0 Å². The Kier molecular flexibility index (Phi) is 6.77. The number of halogens is 2. The molecule has 0 unspecified atom stereocenters. The third-order valence-electron chi connectivity index (χ3n) is 4.13. The molecule has 0 aliphatic carbocycles. The van der Waals surface area contributed by atoms with Gasteiger partial charge in [-0.2, -0.15) is 5.10 Å². The van der Waals surface area contributed by atoms with Gasteiger partial charge in [0.25, 0.3) is 5.91 Å². The fourth-order valence-corrected chi connectivity index (χ4v) is 3.23. The summed E-state index contributed by atoms with van der Waals surface area (Å²) >= 11 is 9.50. The molecular formula is C22H23BrClN3O2. The standard InChI is InChI=1S/C22H23BrClN3O2/c1-14(2)27(29-15(3)4)22(28)20-13-21(16-5-7-17(23)8-6-16)26(25-20)19-11-9-18(24)10-12-19/h5-15H,1-4H3. The molecule has 2 aromatic carbocycles. The summed E-state index contributed by atoms with van der Waals surface area (Å²) in [6.07, 6.45) is -0.120. The van der Waals surface area contributed by atoms with Crippen molar-refractivity contribution in [1.82, 2.24) is 14.8 Å². The van der Waals surface area contributed by atoms with Crippen LogP contribution in [0.25, 0.3) is 16.9 Å². The molecule has 5 nitrogen and oxygen atoms in total. The van der Waals surface area contributed by atoms with Gasteiger partial charge in [-0.1, -0.05) is 39.7 Å². The van der Waals surface area contributed by atoms with Gasteiger partial charge in [0.05, 0.1) is 23.5 Å². The Morgan fingerprint density at radius 2 is 1.69 bits per heavy atom. The molecule has 3 aromatic rings. The monoisotopic (exact) mass is 475 g/mol. The second-order valence-electron chi connectivity index (χ2n) is 7.19. The maximum Gasteiger partial charge on any atom is 0.298 e. The first-order valence-electron chi connectivity index (χ1n) is 9.38. The first-order chi connectivity index (χ1) is 13.8. The van der Waals surface area contributed by atoms with Gasteiger partial charge in [0, 0.05) is 15.1 Å². The Bertz CT molecular complexity index is 919. The van der Waals surface area contributed by atoms with E-state index in [4.69, 9.17) is 16.4 Å². The summed E-state index contributed by atoms with van der Waals surface area (Å²) in [5, 5.41) is 6.63. The Morgan fingerprint density at radius 3 is 2.24 bits per heavy atom. The van der Waals surface area contributed by atoms with E-state index in [1.807, 2.05) is 64.1 Å². The lowest BCUT2D eigenvalue weighted by Crippen LogP contribution is -2.39. The topological polar surface area (TPSA) is 47.4 Å². The highest BCUT2D eigenvalue weighted by Gasteiger charge is 2.25. The zero-order valence-electron chi connectivity index (χ0n) is 16.8. The van der Waals surface area contributed by atoms with Gasteiger partial charge in [-0.15, -0.1) is 0 Å². The molecule has 7 heteroatoms. The van der Waals surface area contributed by atoms with Gasteiger partial charge in [-0.25, -0.2) is 9.75 Å². The number of rotatable bonds is 6. The first kappa shape index (κ1) is 21.6. The van der Waals surface area contributed by atoms with E-state index in [1.54, 1.807) is 22.9 Å². The summed E-state index contributed by atoms with van der Waals surface area (Å²) in [5.41, 5.74) is 2.87. The van der Waals surface area contributed by atoms with E-state index in [0.29, 0.717) is 10.7 Å². The average Bonchev–Trinajstić information content (AvgIpc) is 3.12. The number of benzene rings is 2. The summed E-state index contributed by atoms with van der Waals surface area (Å²) < 4.78 is 2.73. The van der Waals surface area contributed by atoms with Crippen LogP contribution >= 0.6 is 27.5 Å². The number of hydrogen-bond acceptors (Lipinski definition) is 3. The lowest BCUT2D eigenvalue weighted by Gasteiger charge is -2.26. The second-order valence-corrected chi connectivity index (χ2v) is 8.54. The molecule has 0 radical (unpaired) electrons. The summed E-state index contributed by atoms with van der Waals surface area (Å²) in [5.74, 6) is -0.278. The molecule has 0 spiro atoms. The molecule has 0 aliphatic heterocycles. The Morgan fingerprint density at radius 1 is 1.07 bits per heavy atom. The zero-order valence-corrected chi connectivity index (χ0v) is 19.1. The van der Waals surface area contributed by atoms with Crippen LogP contribution in [-0.4, -0.2) is 32.9 Å². The first-order valence-corrected chi connectivity index (χ1v) is 10.6. The molecule has 0 atom stereocenters. The van der Waals surface area contributed by atoms with E-state index >= 15 is 0 Å². The van der Waals surface area contributed by atoms with Crippen LogP contribution < -0.4 is 0 Å². The number of aromatic nitrogens is 2. The van der Waals surface area contributed by atoms with Crippen molar-refractivity contribution < 1.29 is 9.63 Å². The van der Waals surface area contributed by atoms with E-state index in [0.717, 1.165) is 21.4 Å². The predicted octanol–water partition coefficient (Wildman–Crippen LogP) is 6.15. The molecular weight excluding hydrogens is 454 g/mol. The number of nitrogens with zero attached hydrogens (tertiary/aromatic N) is 3. The molecule has 1 aromatic heterocycles. The second kappa shape index (κ2) is 9.11. The van der Waals surface area contributed by atoms with Crippen LogP contribution in [0.15, 0.2) is 59.1 Å². The molecule has 0 saturated heterocycles. The number of hydrogen-bond donors (Lipinski definition) is 0. The fourth-order valence-electron chi connectivity index (χ4n) is 2.84. The van der Waals surface area contributed by atoms with E-state index < -0.39 is 0 Å². The minimum atomic E-state index is -0.278. The quantitative estimate of drug-likeness (QED) is 0.401. The third kappa shape index (κ3) is 5.07. The lowest BCUT2D eigenvalue weighted by atomic mass is 10.1. The number of amides is 1. The molecule has 0 aliphatic rings. The van der Waals surface area contributed by atoms with Crippen LogP contribution in [0.2, 0.25) is 5.02 Å². The van der Waals surface area contributed by atoms with Crippen LogP contribution in [0.3, 0.4) is 0 Å². The highest BCUT2D eigenvalue weighted by Crippen LogP contribution is 2.27. The van der Waals surface area contributed by atoms with Crippen molar-refractivity contribution in [2.75, 3.05) is 0 Å². The van der Waals surface area contributed by atoms with Gasteiger partial charge in [-0.3, -0.25) is 9.63 Å². The highest BCUT2D eigenvalue weighted by atomic mass is 79.9. The van der Waals surface area contributed by atoms with Crippen LogP contribution in [-0.2, 0) is 4.84 Å².